The second kappa shape index (κ2) is 8.33. The van der Waals surface area contributed by atoms with Crippen molar-refractivity contribution in [3.63, 3.8) is 0 Å². The van der Waals surface area contributed by atoms with Gasteiger partial charge in [-0.15, -0.1) is 0 Å². The Bertz CT molecular complexity index is 1130. The van der Waals surface area contributed by atoms with E-state index in [1.165, 1.54) is 32.3 Å². The highest BCUT2D eigenvalue weighted by Gasteiger charge is 2.17. The zero-order valence-corrected chi connectivity index (χ0v) is 16.4. The Balaban J connectivity index is 1.69. The fourth-order valence-corrected chi connectivity index (χ4v) is 3.60. The van der Waals surface area contributed by atoms with Crippen LogP contribution in [0.2, 0.25) is 0 Å². The summed E-state index contributed by atoms with van der Waals surface area (Å²) in [5.41, 5.74) is 2.21. The van der Waals surface area contributed by atoms with Crippen molar-refractivity contribution in [1.82, 2.24) is 9.29 Å². The second-order valence-corrected chi connectivity index (χ2v) is 8.45. The van der Waals surface area contributed by atoms with Crippen LogP contribution < -0.4 is 0 Å². The van der Waals surface area contributed by atoms with E-state index in [4.69, 9.17) is 4.74 Å². The van der Waals surface area contributed by atoms with Gasteiger partial charge in [-0.05, 0) is 29.8 Å². The van der Waals surface area contributed by atoms with Crippen LogP contribution in [0.5, 0.6) is 0 Å². The van der Waals surface area contributed by atoms with Gasteiger partial charge >= 0.3 is 5.97 Å². The molecule has 2 aromatic carbocycles. The molecule has 0 atom stereocenters. The number of hydrogen-bond donors (Lipinski definition) is 0. The fraction of sp³-hybridized carbons (Fsp3) is 0.143. The Hall–Kier alpha value is -3.03. The molecule has 1 heterocycles. The molecule has 0 spiro atoms. The quantitative estimate of drug-likeness (QED) is 0.472. The van der Waals surface area contributed by atoms with E-state index < -0.39 is 16.0 Å². The van der Waals surface area contributed by atoms with Crippen LogP contribution in [-0.2, 0) is 26.2 Å². The molecule has 7 heteroatoms. The van der Waals surface area contributed by atoms with Gasteiger partial charge in [-0.1, -0.05) is 36.4 Å². The minimum absolute atomic E-state index is 0.0201. The van der Waals surface area contributed by atoms with Gasteiger partial charge in [-0.2, -0.15) is 0 Å². The largest absolute Gasteiger partial charge is 0.458 e. The third-order valence-corrected chi connectivity index (χ3v) is 5.93. The lowest BCUT2D eigenvalue weighted by Gasteiger charge is -2.12. The van der Waals surface area contributed by atoms with Crippen molar-refractivity contribution in [2.45, 2.75) is 11.5 Å². The molecule has 1 aromatic heterocycles. The predicted molar refractivity (Wildman–Crippen MR) is 108 cm³/mol. The summed E-state index contributed by atoms with van der Waals surface area (Å²) in [7, 11) is -0.599. The van der Waals surface area contributed by atoms with Gasteiger partial charge in [0.05, 0.1) is 10.4 Å². The van der Waals surface area contributed by atoms with Crippen molar-refractivity contribution >= 4 is 33.0 Å². The van der Waals surface area contributed by atoms with Crippen LogP contribution >= 0.6 is 0 Å². The molecule has 0 saturated heterocycles. The van der Waals surface area contributed by atoms with Crippen LogP contribution in [0.15, 0.2) is 71.8 Å². The summed E-state index contributed by atoms with van der Waals surface area (Å²) >= 11 is 0. The molecule has 0 aliphatic carbocycles. The number of ether oxygens (including phenoxy) is 1. The molecule has 3 rings (SSSR count). The molecule has 3 aromatic rings. The number of rotatable bonds is 6. The molecule has 0 aliphatic heterocycles. The maximum absolute atomic E-state index is 12.2. The maximum atomic E-state index is 12.2. The van der Waals surface area contributed by atoms with E-state index in [0.717, 1.165) is 20.8 Å². The van der Waals surface area contributed by atoms with Gasteiger partial charge in [-0.25, -0.2) is 17.5 Å². The minimum atomic E-state index is -3.53. The first kappa shape index (κ1) is 19.7. The van der Waals surface area contributed by atoms with E-state index in [1.54, 1.807) is 24.4 Å². The molecule has 6 nitrogen and oxygen atoms in total. The summed E-state index contributed by atoms with van der Waals surface area (Å²) in [4.78, 5) is 16.6. The molecule has 0 fully saturated rings. The number of sulfonamides is 1. The number of hydrogen-bond acceptors (Lipinski definition) is 5. The molecular weight excluding hydrogens is 376 g/mol. The average Bonchev–Trinajstić information content (AvgIpc) is 2.70. The molecule has 0 saturated carbocycles. The van der Waals surface area contributed by atoms with E-state index in [1.807, 2.05) is 30.3 Å². The van der Waals surface area contributed by atoms with Gasteiger partial charge in [0.25, 0.3) is 0 Å². The van der Waals surface area contributed by atoms with E-state index >= 15 is 0 Å². The normalized spacial score (nSPS) is 12.0. The summed E-state index contributed by atoms with van der Waals surface area (Å²) in [6.07, 6.45) is 4.70. The molecule has 0 radical (unpaired) electrons. The van der Waals surface area contributed by atoms with E-state index in [9.17, 15) is 13.2 Å². The topological polar surface area (TPSA) is 76.6 Å². The highest BCUT2D eigenvalue weighted by Crippen LogP contribution is 2.18. The smallest absolute Gasteiger partial charge is 0.331 e. The number of para-hydroxylation sites is 1. The van der Waals surface area contributed by atoms with Crippen LogP contribution in [0, 0.1) is 0 Å². The van der Waals surface area contributed by atoms with Gasteiger partial charge in [-0.3, -0.25) is 4.98 Å². The molecule has 0 bridgehead atoms. The summed E-state index contributed by atoms with van der Waals surface area (Å²) in [6.45, 7) is -0.0201. The second-order valence-electron chi connectivity index (χ2n) is 6.30. The highest BCUT2D eigenvalue weighted by molar-refractivity contribution is 7.89. The number of benzene rings is 2. The fourth-order valence-electron chi connectivity index (χ4n) is 2.63. The summed E-state index contributed by atoms with van der Waals surface area (Å²) in [6, 6.07) is 15.9. The number of carbonyl (C=O) groups is 1. The van der Waals surface area contributed by atoms with Crippen molar-refractivity contribution in [2.75, 3.05) is 14.1 Å². The van der Waals surface area contributed by atoms with Crippen molar-refractivity contribution in [3.8, 4) is 0 Å². The van der Waals surface area contributed by atoms with Crippen LogP contribution in [0.3, 0.4) is 0 Å². The molecule has 0 aliphatic rings. The molecule has 0 N–H and O–H groups in total. The Morgan fingerprint density at radius 1 is 1.11 bits per heavy atom. The van der Waals surface area contributed by atoms with Crippen LogP contribution in [0.25, 0.3) is 17.0 Å². The summed E-state index contributed by atoms with van der Waals surface area (Å²) in [5, 5.41) is 0.983. The summed E-state index contributed by atoms with van der Waals surface area (Å²) in [5.74, 6) is -0.520. The van der Waals surface area contributed by atoms with E-state index in [0.29, 0.717) is 5.56 Å². The monoisotopic (exact) mass is 396 g/mol. The number of fused-ring (bicyclic) bond motifs is 1. The lowest BCUT2D eigenvalue weighted by atomic mass is 10.1. The van der Waals surface area contributed by atoms with Crippen molar-refractivity contribution in [1.29, 1.82) is 0 Å². The predicted octanol–water partition coefficient (Wildman–Crippen LogP) is 3.24. The lowest BCUT2D eigenvalue weighted by Crippen LogP contribution is -2.22. The zero-order valence-electron chi connectivity index (χ0n) is 15.6. The zero-order chi connectivity index (χ0) is 20.1. The van der Waals surface area contributed by atoms with Gasteiger partial charge < -0.3 is 4.74 Å². The van der Waals surface area contributed by atoms with E-state index in [2.05, 4.69) is 4.98 Å². The van der Waals surface area contributed by atoms with Crippen molar-refractivity contribution in [2.24, 2.45) is 0 Å². The molecule has 0 amide bonds. The number of nitrogens with zero attached hydrogens (tertiary/aromatic N) is 2. The number of carbonyl (C=O) groups excluding carboxylic acids is 1. The first-order valence-corrected chi connectivity index (χ1v) is 10.0. The SMILES string of the molecule is CN(C)S(=O)(=O)c1cccc(COC(=O)/C=C/c2cccc3cccnc23)c1. The first-order chi connectivity index (χ1) is 13.4. The standard InChI is InChI=1S/C21H20N2O4S/c1-23(2)28(25,26)19-10-3-6-16(14-19)15-27-20(24)12-11-18-8-4-7-17-9-5-13-22-21(17)18/h3-14H,15H2,1-2H3/b12-11+. The van der Waals surface area contributed by atoms with Gasteiger partial charge in [0.15, 0.2) is 0 Å². The van der Waals surface area contributed by atoms with Crippen molar-refractivity contribution < 1.29 is 17.9 Å². The minimum Gasteiger partial charge on any atom is -0.458 e. The Morgan fingerprint density at radius 3 is 2.64 bits per heavy atom. The van der Waals surface area contributed by atoms with Crippen LogP contribution in [0.4, 0.5) is 0 Å². The van der Waals surface area contributed by atoms with Crippen LogP contribution in [-0.4, -0.2) is 37.8 Å². The Kier molecular flexibility index (Phi) is 5.87. The van der Waals surface area contributed by atoms with Gasteiger partial charge in [0.2, 0.25) is 10.0 Å². The molecule has 0 unspecified atom stereocenters. The Labute approximate surface area is 164 Å². The van der Waals surface area contributed by atoms with Crippen LogP contribution in [0.1, 0.15) is 11.1 Å². The Morgan fingerprint density at radius 2 is 1.86 bits per heavy atom. The highest BCUT2D eigenvalue weighted by atomic mass is 32.2. The number of esters is 1. The lowest BCUT2D eigenvalue weighted by molar-refractivity contribution is -0.138. The number of aromatic nitrogens is 1. The number of pyridine rings is 1. The molecule has 28 heavy (non-hydrogen) atoms. The maximum Gasteiger partial charge on any atom is 0.331 e. The third-order valence-electron chi connectivity index (χ3n) is 4.12. The van der Waals surface area contributed by atoms with E-state index in [-0.39, 0.29) is 11.5 Å². The third kappa shape index (κ3) is 4.44. The van der Waals surface area contributed by atoms with Gasteiger partial charge in [0.1, 0.15) is 6.61 Å². The molecular formula is C21H20N2O4S. The van der Waals surface area contributed by atoms with Crippen molar-refractivity contribution in [3.05, 3.63) is 78.0 Å². The molecule has 144 valence electrons. The first-order valence-electron chi connectivity index (χ1n) is 8.58. The van der Waals surface area contributed by atoms with Gasteiger partial charge in [0, 0.05) is 37.3 Å². The summed E-state index contributed by atoms with van der Waals surface area (Å²) < 4.78 is 30.8. The average molecular weight is 396 g/mol.